The highest BCUT2D eigenvalue weighted by molar-refractivity contribution is 7.90. The van der Waals surface area contributed by atoms with E-state index in [1.54, 1.807) is 41.8 Å². The van der Waals surface area contributed by atoms with E-state index in [1.165, 1.54) is 12.1 Å². The van der Waals surface area contributed by atoms with E-state index in [-0.39, 0.29) is 10.5 Å². The molecule has 10 heteroatoms. The number of nitrogens with one attached hydrogen (secondary N) is 2. The van der Waals surface area contributed by atoms with Crippen LogP contribution in [0.3, 0.4) is 0 Å². The Bertz CT molecular complexity index is 1410. The second kappa shape index (κ2) is 8.54. The number of anilines is 1. The molecule has 3 aromatic rings. The lowest BCUT2D eigenvalue weighted by Gasteiger charge is -2.11. The van der Waals surface area contributed by atoms with Crippen molar-refractivity contribution < 1.29 is 13.2 Å². The number of rotatable bonds is 5. The Morgan fingerprint density at radius 3 is 2.72 bits per heavy atom. The van der Waals surface area contributed by atoms with E-state index in [9.17, 15) is 18.0 Å². The smallest absolute Gasteiger partial charge is 0.272 e. The van der Waals surface area contributed by atoms with E-state index in [4.69, 9.17) is 0 Å². The van der Waals surface area contributed by atoms with Gasteiger partial charge in [0.1, 0.15) is 11.5 Å². The van der Waals surface area contributed by atoms with E-state index >= 15 is 0 Å². The van der Waals surface area contributed by atoms with Crippen LogP contribution in [-0.4, -0.2) is 36.3 Å². The molecule has 2 heterocycles. The molecular weight excluding hydrogens is 430 g/mol. The molecule has 2 N–H and O–H groups in total. The lowest BCUT2D eigenvalue weighted by Crippen LogP contribution is -2.29. The van der Waals surface area contributed by atoms with Crippen molar-refractivity contribution in [2.45, 2.75) is 38.1 Å². The number of nitrogens with zero attached hydrogens (tertiary/aromatic N) is 3. The van der Waals surface area contributed by atoms with Crippen molar-refractivity contribution in [2.75, 3.05) is 11.9 Å². The molecule has 0 radical (unpaired) electrons. The summed E-state index contributed by atoms with van der Waals surface area (Å²) in [6.45, 7) is 4.61. The van der Waals surface area contributed by atoms with Crippen LogP contribution in [0.2, 0.25) is 0 Å². The maximum absolute atomic E-state index is 12.8. The van der Waals surface area contributed by atoms with Crippen molar-refractivity contribution in [3.8, 4) is 0 Å². The van der Waals surface area contributed by atoms with Crippen molar-refractivity contribution >= 4 is 38.5 Å². The molecule has 1 aliphatic heterocycles. The average molecular weight is 454 g/mol. The summed E-state index contributed by atoms with van der Waals surface area (Å²) < 4.78 is 29.3. The molecule has 1 aromatic heterocycles. The number of sulfonamides is 1. The summed E-state index contributed by atoms with van der Waals surface area (Å²) >= 11 is 0. The summed E-state index contributed by atoms with van der Waals surface area (Å²) in [6, 6.07) is 10.9. The summed E-state index contributed by atoms with van der Waals surface area (Å²) in [4.78, 5) is 33.6. The molecule has 9 nitrogen and oxygen atoms in total. The largest absolute Gasteiger partial charge is 0.322 e. The van der Waals surface area contributed by atoms with Gasteiger partial charge in [-0.3, -0.25) is 19.3 Å². The Labute approximate surface area is 185 Å². The van der Waals surface area contributed by atoms with E-state index in [2.05, 4.69) is 20.0 Å². The zero-order valence-corrected chi connectivity index (χ0v) is 18.6. The number of amides is 1. The number of hydrogen-bond donors (Lipinski definition) is 2. The van der Waals surface area contributed by atoms with Crippen molar-refractivity contribution in [1.82, 2.24) is 14.3 Å². The van der Waals surface area contributed by atoms with Crippen LogP contribution >= 0.6 is 0 Å². The van der Waals surface area contributed by atoms with Crippen molar-refractivity contribution in [3.05, 3.63) is 64.1 Å². The second-order valence-electron chi connectivity index (χ2n) is 7.47. The number of carbonyl (C=O) groups excluding carboxylic acids is 1. The maximum Gasteiger partial charge on any atom is 0.272 e. The van der Waals surface area contributed by atoms with Gasteiger partial charge in [0.15, 0.2) is 0 Å². The molecule has 0 saturated heterocycles. The van der Waals surface area contributed by atoms with Gasteiger partial charge in [0.05, 0.1) is 15.9 Å². The van der Waals surface area contributed by atoms with E-state index in [1.807, 2.05) is 6.92 Å². The molecular formula is C22H23N5O4S. The number of amidine groups is 1. The van der Waals surface area contributed by atoms with Crippen LogP contribution in [-0.2, 0) is 16.6 Å². The Balaban J connectivity index is 1.59. The number of hydrogen-bond acceptors (Lipinski definition) is 6. The van der Waals surface area contributed by atoms with Crippen LogP contribution in [0.1, 0.15) is 35.8 Å². The molecule has 0 unspecified atom stereocenters. The first-order valence-corrected chi connectivity index (χ1v) is 11.8. The Kier molecular flexibility index (Phi) is 5.79. The van der Waals surface area contributed by atoms with Gasteiger partial charge >= 0.3 is 0 Å². The Morgan fingerprint density at radius 2 is 2.00 bits per heavy atom. The highest BCUT2D eigenvalue weighted by atomic mass is 32.2. The zero-order chi connectivity index (χ0) is 22.9. The van der Waals surface area contributed by atoms with Gasteiger partial charge < -0.3 is 9.88 Å². The third-order valence-corrected chi connectivity index (χ3v) is 6.60. The Hall–Kier alpha value is -3.53. The molecule has 0 aliphatic carbocycles. The number of aromatic nitrogens is 2. The minimum atomic E-state index is -3.79. The minimum absolute atomic E-state index is 0.0349. The molecule has 0 fully saturated rings. The molecule has 166 valence electrons. The van der Waals surface area contributed by atoms with E-state index < -0.39 is 15.9 Å². The van der Waals surface area contributed by atoms with Gasteiger partial charge in [-0.1, -0.05) is 6.07 Å². The third-order valence-electron chi connectivity index (χ3n) is 5.22. The average Bonchev–Trinajstić information content (AvgIpc) is 3.27. The van der Waals surface area contributed by atoms with Crippen LogP contribution in [0.25, 0.3) is 11.0 Å². The standard InChI is InChI=1S/C22H23N5O4S/c1-3-27-19-10-9-15(12-18(19)24-14(2)22(27)29)21(28)25-16-6-4-7-17(13-16)32(30,31)26-20-8-5-11-23-20/h4,6-7,9-10,12-13H,3,5,8,11H2,1-2H3,(H,23,26)(H,25,28). The monoisotopic (exact) mass is 453 g/mol. The molecule has 0 spiro atoms. The molecule has 0 atom stereocenters. The topological polar surface area (TPSA) is 123 Å². The van der Waals surface area contributed by atoms with Crippen molar-refractivity contribution in [2.24, 2.45) is 4.99 Å². The number of aliphatic imine (C=N–C) groups is 1. The minimum Gasteiger partial charge on any atom is -0.322 e. The van der Waals surface area contributed by atoms with Gasteiger partial charge in [-0.25, -0.2) is 13.4 Å². The van der Waals surface area contributed by atoms with Gasteiger partial charge in [0.2, 0.25) is 0 Å². The lowest BCUT2D eigenvalue weighted by atomic mass is 10.1. The lowest BCUT2D eigenvalue weighted by molar-refractivity contribution is 0.102. The molecule has 32 heavy (non-hydrogen) atoms. The zero-order valence-electron chi connectivity index (χ0n) is 17.8. The summed E-state index contributed by atoms with van der Waals surface area (Å²) in [6.07, 6.45) is 1.42. The predicted octanol–water partition coefficient (Wildman–Crippen LogP) is 2.45. The number of benzene rings is 2. The normalized spacial score (nSPS) is 13.8. The van der Waals surface area contributed by atoms with Crippen molar-refractivity contribution in [1.29, 1.82) is 0 Å². The molecule has 4 rings (SSSR count). The van der Waals surface area contributed by atoms with Gasteiger partial charge in [0.25, 0.3) is 21.5 Å². The predicted molar refractivity (Wildman–Crippen MR) is 123 cm³/mol. The SMILES string of the molecule is CCn1c(=O)c(C)nc2cc(C(=O)Nc3cccc(S(=O)(=O)NC4=NCCC4)c3)ccc21. The van der Waals surface area contributed by atoms with Crippen LogP contribution in [0.4, 0.5) is 5.69 Å². The van der Waals surface area contributed by atoms with E-state index in [0.29, 0.717) is 53.3 Å². The van der Waals surface area contributed by atoms with Crippen LogP contribution in [0.15, 0.2) is 57.1 Å². The first kappa shape index (κ1) is 21.7. The maximum atomic E-state index is 12.8. The summed E-state index contributed by atoms with van der Waals surface area (Å²) in [5.41, 5.74) is 2.07. The van der Waals surface area contributed by atoms with Crippen LogP contribution in [0.5, 0.6) is 0 Å². The van der Waals surface area contributed by atoms with Gasteiger partial charge in [-0.05, 0) is 56.7 Å². The molecule has 0 saturated carbocycles. The molecule has 0 bridgehead atoms. The number of fused-ring (bicyclic) bond motifs is 1. The van der Waals surface area contributed by atoms with Crippen LogP contribution < -0.4 is 15.6 Å². The third kappa shape index (κ3) is 4.26. The fraction of sp³-hybridized carbons (Fsp3) is 0.273. The Morgan fingerprint density at radius 1 is 1.19 bits per heavy atom. The summed E-state index contributed by atoms with van der Waals surface area (Å²) in [7, 11) is -3.79. The summed E-state index contributed by atoms with van der Waals surface area (Å²) in [5.74, 6) is 0.0345. The summed E-state index contributed by atoms with van der Waals surface area (Å²) in [5, 5.41) is 2.73. The van der Waals surface area contributed by atoms with Gasteiger partial charge in [0, 0.05) is 30.8 Å². The second-order valence-corrected chi connectivity index (χ2v) is 9.15. The highest BCUT2D eigenvalue weighted by Gasteiger charge is 2.19. The molecule has 1 amide bonds. The fourth-order valence-electron chi connectivity index (χ4n) is 3.61. The quantitative estimate of drug-likeness (QED) is 0.614. The fourth-order valence-corrected chi connectivity index (χ4v) is 4.75. The number of aryl methyl sites for hydroxylation is 2. The molecule has 1 aliphatic rings. The first-order valence-electron chi connectivity index (χ1n) is 10.3. The van der Waals surface area contributed by atoms with Gasteiger partial charge in [-0.2, -0.15) is 0 Å². The van der Waals surface area contributed by atoms with Gasteiger partial charge in [-0.15, -0.1) is 0 Å². The van der Waals surface area contributed by atoms with Crippen LogP contribution in [0, 0.1) is 6.92 Å². The first-order chi connectivity index (χ1) is 15.3. The molecule has 2 aromatic carbocycles. The van der Waals surface area contributed by atoms with Crippen molar-refractivity contribution in [3.63, 3.8) is 0 Å². The number of carbonyl (C=O) groups is 1. The van der Waals surface area contributed by atoms with E-state index in [0.717, 1.165) is 6.42 Å². The highest BCUT2D eigenvalue weighted by Crippen LogP contribution is 2.19.